The first-order chi connectivity index (χ1) is 9.08. The van der Waals surface area contributed by atoms with E-state index in [-0.39, 0.29) is 0 Å². The van der Waals surface area contributed by atoms with Crippen molar-refractivity contribution in [1.29, 1.82) is 0 Å². The maximum atomic E-state index is 11.8. The molecule has 0 bridgehead atoms. The normalized spacial score (nSPS) is 12.1. The molecule has 0 saturated carbocycles. The minimum atomic E-state index is -1.10. The van der Waals surface area contributed by atoms with Gasteiger partial charge in [0, 0.05) is 11.1 Å². The van der Waals surface area contributed by atoms with Gasteiger partial charge in [-0.1, -0.05) is 36.4 Å². The number of nitrogens with two attached hydrogens (primary N) is 1. The van der Waals surface area contributed by atoms with Crippen LogP contribution in [0.5, 0.6) is 0 Å². The van der Waals surface area contributed by atoms with Gasteiger partial charge in [-0.2, -0.15) is 0 Å². The van der Waals surface area contributed by atoms with Crippen LogP contribution in [0.4, 0.5) is 5.69 Å². The molecule has 1 amide bonds. The van der Waals surface area contributed by atoms with Crippen molar-refractivity contribution in [3.63, 3.8) is 0 Å². The van der Waals surface area contributed by atoms with Gasteiger partial charge >= 0.3 is 5.97 Å². The molecule has 0 aromatic heterocycles. The first-order valence-electron chi connectivity index (χ1n) is 5.84. The summed E-state index contributed by atoms with van der Waals surface area (Å²) in [5.74, 6) is -1.60. The van der Waals surface area contributed by atoms with Crippen LogP contribution in [0.1, 0.15) is 6.42 Å². The number of carbonyl (C=O) groups is 2. The number of fused-ring (bicyclic) bond motifs is 1. The molecule has 2 rings (SSSR count). The molecule has 1 unspecified atom stereocenters. The van der Waals surface area contributed by atoms with Crippen molar-refractivity contribution in [2.24, 2.45) is 5.73 Å². The second-order valence-corrected chi connectivity index (χ2v) is 4.22. The number of nitrogens with one attached hydrogen (secondary N) is 1. The third kappa shape index (κ3) is 3.08. The smallest absolute Gasteiger partial charge is 0.305 e. The van der Waals surface area contributed by atoms with Crippen molar-refractivity contribution in [2.75, 3.05) is 5.32 Å². The third-order valence-corrected chi connectivity index (χ3v) is 2.78. The van der Waals surface area contributed by atoms with E-state index < -0.39 is 24.3 Å². The molecule has 0 fully saturated rings. The number of hydrogen-bond donors (Lipinski definition) is 3. The van der Waals surface area contributed by atoms with E-state index in [1.165, 1.54) is 0 Å². The quantitative estimate of drug-likeness (QED) is 0.776. The fourth-order valence-corrected chi connectivity index (χ4v) is 1.84. The summed E-state index contributed by atoms with van der Waals surface area (Å²) >= 11 is 0. The molecular weight excluding hydrogens is 244 g/mol. The Morgan fingerprint density at radius 3 is 2.58 bits per heavy atom. The standard InChI is InChI=1S/C14H14N2O3/c15-11(8-13(17)18)14(19)16-12-7-3-5-9-4-1-2-6-10(9)12/h1-7,11H,8,15H2,(H,16,19)(H,17,18). The molecule has 5 heteroatoms. The highest BCUT2D eigenvalue weighted by Gasteiger charge is 2.17. The van der Waals surface area contributed by atoms with Gasteiger partial charge in [0.1, 0.15) is 0 Å². The third-order valence-electron chi connectivity index (χ3n) is 2.78. The lowest BCUT2D eigenvalue weighted by molar-refractivity contribution is -0.138. The van der Waals surface area contributed by atoms with Gasteiger partial charge in [0.15, 0.2) is 0 Å². The SMILES string of the molecule is NC(CC(=O)O)C(=O)Nc1cccc2ccccc12. The fraction of sp³-hybridized carbons (Fsp3) is 0.143. The molecule has 0 saturated heterocycles. The lowest BCUT2D eigenvalue weighted by Crippen LogP contribution is -2.37. The summed E-state index contributed by atoms with van der Waals surface area (Å²) in [6.07, 6.45) is -0.392. The number of rotatable bonds is 4. The molecule has 0 spiro atoms. The van der Waals surface area contributed by atoms with Crippen molar-refractivity contribution in [3.05, 3.63) is 42.5 Å². The van der Waals surface area contributed by atoms with Crippen LogP contribution < -0.4 is 11.1 Å². The van der Waals surface area contributed by atoms with Crippen LogP contribution in [0.15, 0.2) is 42.5 Å². The van der Waals surface area contributed by atoms with Crippen molar-refractivity contribution < 1.29 is 14.7 Å². The van der Waals surface area contributed by atoms with E-state index in [9.17, 15) is 9.59 Å². The molecule has 0 heterocycles. The van der Waals surface area contributed by atoms with Crippen LogP contribution in [0, 0.1) is 0 Å². The Hall–Kier alpha value is -2.40. The van der Waals surface area contributed by atoms with E-state index in [1.807, 2.05) is 36.4 Å². The maximum absolute atomic E-state index is 11.8. The number of amides is 1. The first kappa shape index (κ1) is 13.0. The maximum Gasteiger partial charge on any atom is 0.305 e. The molecular formula is C14H14N2O3. The lowest BCUT2D eigenvalue weighted by atomic mass is 10.1. The van der Waals surface area contributed by atoms with E-state index in [0.717, 1.165) is 10.8 Å². The Balaban J connectivity index is 2.22. The summed E-state index contributed by atoms with van der Waals surface area (Å²) in [7, 11) is 0. The van der Waals surface area contributed by atoms with Gasteiger partial charge in [-0.25, -0.2) is 0 Å². The van der Waals surface area contributed by atoms with Crippen LogP contribution in [-0.4, -0.2) is 23.0 Å². The van der Waals surface area contributed by atoms with Crippen LogP contribution in [0.2, 0.25) is 0 Å². The zero-order chi connectivity index (χ0) is 13.8. The van der Waals surface area contributed by atoms with E-state index >= 15 is 0 Å². The minimum Gasteiger partial charge on any atom is -0.481 e. The Labute approximate surface area is 110 Å². The Kier molecular flexibility index (Phi) is 3.77. The minimum absolute atomic E-state index is 0.392. The van der Waals surface area contributed by atoms with Gasteiger partial charge in [0.2, 0.25) is 5.91 Å². The second kappa shape index (κ2) is 5.49. The Morgan fingerprint density at radius 2 is 1.84 bits per heavy atom. The average Bonchev–Trinajstić information content (AvgIpc) is 2.38. The summed E-state index contributed by atoms with van der Waals surface area (Å²) < 4.78 is 0. The highest BCUT2D eigenvalue weighted by molar-refractivity contribution is 6.04. The molecule has 1 atom stereocenters. The number of carboxylic acids is 1. The van der Waals surface area contributed by atoms with Gasteiger partial charge in [-0.3, -0.25) is 9.59 Å². The molecule has 2 aromatic carbocycles. The molecule has 19 heavy (non-hydrogen) atoms. The van der Waals surface area contributed by atoms with Crippen molar-refractivity contribution in [1.82, 2.24) is 0 Å². The fourth-order valence-electron chi connectivity index (χ4n) is 1.84. The van der Waals surface area contributed by atoms with Crippen molar-refractivity contribution in [3.8, 4) is 0 Å². The summed E-state index contributed by atoms with van der Waals surface area (Å²) in [6.45, 7) is 0. The van der Waals surface area contributed by atoms with Crippen molar-refractivity contribution >= 4 is 28.3 Å². The van der Waals surface area contributed by atoms with Gasteiger partial charge in [-0.15, -0.1) is 0 Å². The summed E-state index contributed by atoms with van der Waals surface area (Å²) in [4.78, 5) is 22.3. The second-order valence-electron chi connectivity index (χ2n) is 4.22. The topological polar surface area (TPSA) is 92.4 Å². The highest BCUT2D eigenvalue weighted by atomic mass is 16.4. The molecule has 0 aliphatic heterocycles. The lowest BCUT2D eigenvalue weighted by Gasteiger charge is -2.12. The molecule has 5 nitrogen and oxygen atoms in total. The zero-order valence-corrected chi connectivity index (χ0v) is 10.2. The highest BCUT2D eigenvalue weighted by Crippen LogP contribution is 2.22. The summed E-state index contributed by atoms with van der Waals surface area (Å²) in [5, 5.41) is 13.2. The predicted molar refractivity (Wildman–Crippen MR) is 72.8 cm³/mol. The Bertz CT molecular complexity index is 620. The molecule has 0 aliphatic rings. The van der Waals surface area contributed by atoms with Gasteiger partial charge < -0.3 is 16.2 Å². The van der Waals surface area contributed by atoms with E-state index in [4.69, 9.17) is 10.8 Å². The van der Waals surface area contributed by atoms with E-state index in [1.54, 1.807) is 6.07 Å². The van der Waals surface area contributed by atoms with Gasteiger partial charge in [0.05, 0.1) is 12.5 Å². The van der Waals surface area contributed by atoms with Crippen LogP contribution in [0.3, 0.4) is 0 Å². The predicted octanol–water partition coefficient (Wildman–Crippen LogP) is 1.58. The summed E-state index contributed by atoms with van der Waals surface area (Å²) in [5.41, 5.74) is 6.15. The number of aliphatic carboxylic acids is 1. The van der Waals surface area contributed by atoms with E-state index in [0.29, 0.717) is 5.69 Å². The number of carboxylic acid groups (broad SMARTS) is 1. The van der Waals surface area contributed by atoms with Crippen LogP contribution in [0.25, 0.3) is 10.8 Å². The zero-order valence-electron chi connectivity index (χ0n) is 10.2. The number of benzene rings is 2. The monoisotopic (exact) mass is 258 g/mol. The molecule has 0 aliphatic carbocycles. The average molecular weight is 258 g/mol. The number of carbonyl (C=O) groups excluding carboxylic acids is 1. The van der Waals surface area contributed by atoms with Crippen LogP contribution >= 0.6 is 0 Å². The van der Waals surface area contributed by atoms with Gasteiger partial charge in [0.25, 0.3) is 0 Å². The van der Waals surface area contributed by atoms with Gasteiger partial charge in [-0.05, 0) is 11.5 Å². The molecule has 0 radical (unpaired) electrons. The van der Waals surface area contributed by atoms with Crippen molar-refractivity contribution in [2.45, 2.75) is 12.5 Å². The van der Waals surface area contributed by atoms with Crippen LogP contribution in [-0.2, 0) is 9.59 Å². The molecule has 2 aromatic rings. The largest absolute Gasteiger partial charge is 0.481 e. The Morgan fingerprint density at radius 1 is 1.16 bits per heavy atom. The molecule has 4 N–H and O–H groups in total. The number of anilines is 1. The first-order valence-corrected chi connectivity index (χ1v) is 5.84. The van der Waals surface area contributed by atoms with E-state index in [2.05, 4.69) is 5.32 Å². The summed E-state index contributed by atoms with van der Waals surface area (Å²) in [6, 6.07) is 12.0. The molecule has 98 valence electrons. The number of hydrogen-bond acceptors (Lipinski definition) is 3.